The first-order chi connectivity index (χ1) is 11.1. The Balaban J connectivity index is 2.34. The molecule has 0 saturated carbocycles. The van der Waals surface area contributed by atoms with E-state index in [1.165, 1.54) is 0 Å². The number of rotatable bonds is 6. The Kier molecular flexibility index (Phi) is 5.91. The second-order valence-corrected chi connectivity index (χ2v) is 4.74. The van der Waals surface area contributed by atoms with Crippen LogP contribution in [-0.2, 0) is 0 Å². The second kappa shape index (κ2) is 7.91. The van der Waals surface area contributed by atoms with Crippen molar-refractivity contribution in [2.75, 3.05) is 28.4 Å². The molecule has 7 heteroatoms. The van der Waals surface area contributed by atoms with Gasteiger partial charge in [0.25, 0.3) is 0 Å². The van der Waals surface area contributed by atoms with Crippen LogP contribution in [0.4, 0.5) is 11.4 Å². The molecule has 0 spiro atoms. The van der Waals surface area contributed by atoms with Crippen molar-refractivity contribution in [1.29, 1.82) is 0 Å². The molecular weight excluding hydrogens is 291 g/mol. The number of nitrogens with zero attached hydrogens (tertiary/aromatic N) is 2. The summed E-state index contributed by atoms with van der Waals surface area (Å²) in [5.41, 5.74) is 1.34. The summed E-state index contributed by atoms with van der Waals surface area (Å²) in [5.74, 6) is 2.41. The van der Waals surface area contributed by atoms with Crippen molar-refractivity contribution in [3.05, 3.63) is 30.3 Å². The maximum absolute atomic E-state index is 5.30. The Morgan fingerprint density at radius 3 is 1.74 bits per heavy atom. The van der Waals surface area contributed by atoms with E-state index in [0.717, 1.165) is 15.7 Å². The van der Waals surface area contributed by atoms with E-state index in [2.05, 4.69) is 10.2 Å². The monoisotopic (exact) mass is 308 g/mol. The molecule has 0 amide bonds. The average Bonchev–Trinajstić information content (AvgIpc) is 2.58. The summed E-state index contributed by atoms with van der Waals surface area (Å²) in [6.07, 6.45) is 0. The third kappa shape index (κ3) is 3.98. The average molecular weight is 308 g/mol. The van der Waals surface area contributed by atoms with Crippen LogP contribution in [0.3, 0.4) is 0 Å². The topological polar surface area (TPSA) is 61.6 Å². The molecule has 0 N–H and O–H groups in total. The van der Waals surface area contributed by atoms with Gasteiger partial charge < -0.3 is 0 Å². The third-order valence-electron chi connectivity index (χ3n) is 3.31. The number of hydrogen-bond acceptors (Lipinski definition) is 6. The summed E-state index contributed by atoms with van der Waals surface area (Å²) < 4.78 is 22.1. The number of methoxy groups -OCH3 is 4. The molecule has 0 saturated heterocycles. The minimum atomic E-state index is 0.522. The van der Waals surface area contributed by atoms with Gasteiger partial charge in [-0.2, -0.15) is 0 Å². The minimum absolute atomic E-state index is 0.522. The van der Waals surface area contributed by atoms with Crippen LogP contribution in [0, 0.1) is 0 Å². The zero-order valence-electron chi connectivity index (χ0n) is 13.9. The van der Waals surface area contributed by atoms with Gasteiger partial charge in [0.05, 0.1) is 0 Å². The zero-order chi connectivity index (χ0) is 16.8. The van der Waals surface area contributed by atoms with Crippen LogP contribution < -0.4 is 23.2 Å². The summed E-state index contributed by atoms with van der Waals surface area (Å²) >= 11 is 1.96. The van der Waals surface area contributed by atoms with E-state index in [4.69, 9.17) is 18.9 Å². The van der Waals surface area contributed by atoms with Crippen LogP contribution in [0.2, 0.25) is 0 Å². The Labute approximate surface area is 144 Å². The fourth-order valence-corrected chi connectivity index (χ4v) is 2.17. The Morgan fingerprint density at radius 1 is 0.696 bits per heavy atom. The van der Waals surface area contributed by atoms with Gasteiger partial charge in [0.15, 0.2) is 0 Å². The summed E-state index contributed by atoms with van der Waals surface area (Å²) in [5, 5.41) is 8.47. The SMILES string of the molecule is [Li][c]1cc(N=Nc2cc(OC)c(OC)c(OC)c2)ccc1OC. The van der Waals surface area contributed by atoms with Gasteiger partial charge in [0.1, 0.15) is 0 Å². The molecule has 0 unspecified atom stereocenters. The van der Waals surface area contributed by atoms with Gasteiger partial charge in [0.2, 0.25) is 0 Å². The van der Waals surface area contributed by atoms with Gasteiger partial charge in [-0.25, -0.2) is 0 Å². The molecule has 0 heterocycles. The van der Waals surface area contributed by atoms with Gasteiger partial charge in [-0.1, -0.05) is 0 Å². The van der Waals surface area contributed by atoms with Crippen molar-refractivity contribution in [3.8, 4) is 23.0 Å². The molecule has 0 aliphatic heterocycles. The van der Waals surface area contributed by atoms with Crippen molar-refractivity contribution >= 4 is 33.3 Å². The van der Waals surface area contributed by atoms with E-state index in [-0.39, 0.29) is 0 Å². The molecule has 0 aromatic heterocycles. The molecule has 2 rings (SSSR count). The van der Waals surface area contributed by atoms with Crippen molar-refractivity contribution < 1.29 is 18.9 Å². The fourth-order valence-electron chi connectivity index (χ4n) is 2.17. The first-order valence-electron chi connectivity index (χ1n) is 6.99. The molecule has 0 aliphatic carbocycles. The van der Waals surface area contributed by atoms with E-state index in [1.807, 2.05) is 35.9 Å². The van der Waals surface area contributed by atoms with Crippen molar-refractivity contribution in [3.63, 3.8) is 0 Å². The zero-order valence-corrected chi connectivity index (χ0v) is 13.9. The van der Waals surface area contributed by atoms with Crippen molar-refractivity contribution in [1.82, 2.24) is 0 Å². The summed E-state index contributed by atoms with van der Waals surface area (Å²) in [4.78, 5) is 0. The molecule has 2 aromatic rings. The van der Waals surface area contributed by atoms with E-state index < -0.39 is 0 Å². The quantitative estimate of drug-likeness (QED) is 0.608. The van der Waals surface area contributed by atoms with Crippen molar-refractivity contribution in [2.24, 2.45) is 10.2 Å². The van der Waals surface area contributed by atoms with Crippen LogP contribution in [0.15, 0.2) is 40.6 Å². The first kappa shape index (κ1) is 17.2. The van der Waals surface area contributed by atoms with Crippen LogP contribution in [0.25, 0.3) is 0 Å². The van der Waals surface area contributed by atoms with E-state index in [1.54, 1.807) is 40.6 Å². The summed E-state index contributed by atoms with van der Waals surface area (Å²) in [7, 11) is 6.32. The third-order valence-corrected chi connectivity index (χ3v) is 3.31. The fraction of sp³-hybridized carbons (Fsp3) is 0.250. The Morgan fingerprint density at radius 2 is 1.26 bits per heavy atom. The molecule has 2 aromatic carbocycles. The van der Waals surface area contributed by atoms with E-state index in [0.29, 0.717) is 22.9 Å². The van der Waals surface area contributed by atoms with Gasteiger partial charge >= 0.3 is 144 Å². The summed E-state index contributed by atoms with van der Waals surface area (Å²) in [6.45, 7) is 0. The van der Waals surface area contributed by atoms with Gasteiger partial charge in [-0.15, -0.1) is 0 Å². The molecule has 0 fully saturated rings. The van der Waals surface area contributed by atoms with Crippen LogP contribution in [0.1, 0.15) is 0 Å². The molecule has 6 nitrogen and oxygen atoms in total. The van der Waals surface area contributed by atoms with Crippen molar-refractivity contribution in [2.45, 2.75) is 0 Å². The summed E-state index contributed by atoms with van der Waals surface area (Å²) in [6, 6.07) is 9.08. The molecule has 0 aliphatic rings. The molecule has 0 radical (unpaired) electrons. The molecular formula is C16H17LiN2O4. The van der Waals surface area contributed by atoms with E-state index in [9.17, 15) is 0 Å². The van der Waals surface area contributed by atoms with Crippen LogP contribution >= 0.6 is 0 Å². The second-order valence-electron chi connectivity index (χ2n) is 4.74. The molecule has 0 atom stereocenters. The van der Waals surface area contributed by atoms with Gasteiger partial charge in [-0.3, -0.25) is 0 Å². The first-order valence-corrected chi connectivity index (χ1v) is 6.99. The molecule has 23 heavy (non-hydrogen) atoms. The number of ether oxygens (including phenoxy) is 4. The maximum atomic E-state index is 5.30. The van der Waals surface area contributed by atoms with Crippen LogP contribution in [-0.4, -0.2) is 46.2 Å². The standard InChI is InChI=1S/C16H17N2O4.Li/c1-19-13-7-5-11(6-8-13)17-18-12-9-14(20-2)16(22-4)15(10-12)21-3;/h5-7,9-10H,1-4H3;. The predicted molar refractivity (Wildman–Crippen MR) is 88.7 cm³/mol. The predicted octanol–water partition coefficient (Wildman–Crippen LogP) is 2.93. The van der Waals surface area contributed by atoms with Crippen LogP contribution in [0.5, 0.6) is 23.0 Å². The molecule has 0 bridgehead atoms. The van der Waals surface area contributed by atoms with Gasteiger partial charge in [-0.05, 0) is 0 Å². The Hall–Kier alpha value is -2.16. The molecule has 116 valence electrons. The number of benzene rings is 2. The van der Waals surface area contributed by atoms with E-state index >= 15 is 0 Å². The number of azo groups is 1. The van der Waals surface area contributed by atoms with Gasteiger partial charge in [0, 0.05) is 0 Å². The normalized spacial score (nSPS) is 10.7. The number of hydrogen-bond donors (Lipinski definition) is 0. The Bertz CT molecular complexity index is 694.